The SMILES string of the molecule is O=c1[nH]nc(CCN2CCN(c3ccccn3)CC2)c2c1CCCC2. The summed E-state index contributed by atoms with van der Waals surface area (Å²) in [5.74, 6) is 1.07. The van der Waals surface area contributed by atoms with Gasteiger partial charge in [-0.05, 0) is 43.4 Å². The lowest BCUT2D eigenvalue weighted by Crippen LogP contribution is -2.47. The number of hydrogen-bond acceptors (Lipinski definition) is 5. The number of aromatic amines is 1. The second-order valence-corrected chi connectivity index (χ2v) is 6.93. The van der Waals surface area contributed by atoms with E-state index in [9.17, 15) is 4.79 Å². The molecule has 0 amide bonds. The van der Waals surface area contributed by atoms with Crippen LogP contribution in [-0.2, 0) is 19.3 Å². The maximum atomic E-state index is 12.0. The van der Waals surface area contributed by atoms with E-state index in [-0.39, 0.29) is 5.56 Å². The fourth-order valence-corrected chi connectivity index (χ4v) is 3.94. The zero-order valence-electron chi connectivity index (χ0n) is 14.6. The Morgan fingerprint density at radius 2 is 1.84 bits per heavy atom. The van der Waals surface area contributed by atoms with Crippen molar-refractivity contribution >= 4 is 5.82 Å². The molecule has 132 valence electrons. The summed E-state index contributed by atoms with van der Waals surface area (Å²) in [6.07, 6.45) is 6.98. The minimum absolute atomic E-state index is 0.0161. The first-order valence-electron chi connectivity index (χ1n) is 9.29. The molecule has 2 aromatic rings. The van der Waals surface area contributed by atoms with Gasteiger partial charge in [0.15, 0.2) is 0 Å². The van der Waals surface area contributed by atoms with Crippen molar-refractivity contribution in [2.45, 2.75) is 32.1 Å². The molecule has 1 fully saturated rings. The Labute approximate surface area is 147 Å². The summed E-state index contributed by atoms with van der Waals surface area (Å²) in [6, 6.07) is 6.07. The predicted octanol–water partition coefficient (Wildman–Crippen LogP) is 1.41. The highest BCUT2D eigenvalue weighted by atomic mass is 16.1. The molecule has 0 radical (unpaired) electrons. The standard InChI is InChI=1S/C19H25N5O/c25-19-16-6-2-1-5-15(16)17(21-22-19)8-10-23-11-13-24(14-12-23)18-7-3-4-9-20-18/h3-4,7,9H,1-2,5-6,8,10-14H2,(H,22,25). The molecule has 1 saturated heterocycles. The van der Waals surface area contributed by atoms with Crippen LogP contribution in [0, 0.1) is 0 Å². The molecule has 0 unspecified atom stereocenters. The molecular formula is C19H25N5O. The molecule has 2 aromatic heterocycles. The third-order valence-corrected chi connectivity index (χ3v) is 5.39. The molecule has 1 aliphatic heterocycles. The molecule has 6 heteroatoms. The fraction of sp³-hybridized carbons (Fsp3) is 0.526. The van der Waals surface area contributed by atoms with Crippen molar-refractivity contribution in [3.8, 4) is 0 Å². The van der Waals surface area contributed by atoms with Gasteiger partial charge < -0.3 is 4.90 Å². The fourth-order valence-electron chi connectivity index (χ4n) is 3.94. The van der Waals surface area contributed by atoms with E-state index in [0.29, 0.717) is 0 Å². The van der Waals surface area contributed by atoms with Gasteiger partial charge in [-0.2, -0.15) is 5.10 Å². The Morgan fingerprint density at radius 1 is 1.04 bits per heavy atom. The van der Waals surface area contributed by atoms with E-state index in [4.69, 9.17) is 0 Å². The summed E-state index contributed by atoms with van der Waals surface area (Å²) in [7, 11) is 0. The molecule has 0 bridgehead atoms. The summed E-state index contributed by atoms with van der Waals surface area (Å²) in [5.41, 5.74) is 3.32. The van der Waals surface area contributed by atoms with Crippen molar-refractivity contribution in [1.29, 1.82) is 0 Å². The van der Waals surface area contributed by atoms with Gasteiger partial charge in [-0.3, -0.25) is 9.69 Å². The van der Waals surface area contributed by atoms with Gasteiger partial charge in [0.05, 0.1) is 5.69 Å². The Balaban J connectivity index is 1.35. The van der Waals surface area contributed by atoms with Crippen LogP contribution in [-0.4, -0.2) is 52.8 Å². The van der Waals surface area contributed by atoms with E-state index in [0.717, 1.165) is 75.5 Å². The molecule has 0 aromatic carbocycles. The normalized spacial score (nSPS) is 18.2. The van der Waals surface area contributed by atoms with E-state index in [1.165, 1.54) is 12.0 Å². The molecule has 3 heterocycles. The lowest BCUT2D eigenvalue weighted by atomic mass is 9.91. The Kier molecular flexibility index (Phi) is 4.78. The van der Waals surface area contributed by atoms with Crippen molar-refractivity contribution in [2.75, 3.05) is 37.6 Å². The van der Waals surface area contributed by atoms with E-state index in [1.54, 1.807) is 0 Å². The first-order chi connectivity index (χ1) is 12.3. The van der Waals surface area contributed by atoms with Crippen molar-refractivity contribution in [1.82, 2.24) is 20.1 Å². The molecule has 0 atom stereocenters. The number of piperazine rings is 1. The van der Waals surface area contributed by atoms with E-state index in [1.807, 2.05) is 18.3 Å². The Bertz CT molecular complexity index is 765. The van der Waals surface area contributed by atoms with Crippen LogP contribution in [0.15, 0.2) is 29.2 Å². The Hall–Kier alpha value is -2.21. The van der Waals surface area contributed by atoms with Gasteiger partial charge in [-0.25, -0.2) is 10.1 Å². The van der Waals surface area contributed by atoms with Gasteiger partial charge in [0, 0.05) is 50.9 Å². The van der Waals surface area contributed by atoms with Gasteiger partial charge in [0.25, 0.3) is 5.56 Å². The maximum Gasteiger partial charge on any atom is 0.267 e. The molecule has 4 rings (SSSR count). The Morgan fingerprint density at radius 3 is 2.60 bits per heavy atom. The highest BCUT2D eigenvalue weighted by molar-refractivity contribution is 5.38. The van der Waals surface area contributed by atoms with Gasteiger partial charge in [-0.15, -0.1) is 0 Å². The molecule has 2 aliphatic rings. The lowest BCUT2D eigenvalue weighted by molar-refractivity contribution is 0.259. The zero-order valence-corrected chi connectivity index (χ0v) is 14.6. The summed E-state index contributed by atoms with van der Waals surface area (Å²) in [4.78, 5) is 21.2. The minimum atomic E-state index is 0.0161. The highest BCUT2D eigenvalue weighted by Crippen LogP contribution is 2.21. The molecular weight excluding hydrogens is 314 g/mol. The number of anilines is 1. The number of hydrogen-bond donors (Lipinski definition) is 1. The van der Waals surface area contributed by atoms with Crippen molar-refractivity contribution in [2.24, 2.45) is 0 Å². The number of pyridine rings is 1. The summed E-state index contributed by atoms with van der Waals surface area (Å²) in [6.45, 7) is 5.11. The van der Waals surface area contributed by atoms with Gasteiger partial charge >= 0.3 is 0 Å². The highest BCUT2D eigenvalue weighted by Gasteiger charge is 2.20. The molecule has 1 aliphatic carbocycles. The first-order valence-corrected chi connectivity index (χ1v) is 9.29. The lowest BCUT2D eigenvalue weighted by Gasteiger charge is -2.35. The number of aromatic nitrogens is 3. The smallest absolute Gasteiger partial charge is 0.267 e. The molecule has 1 N–H and O–H groups in total. The first kappa shape index (κ1) is 16.3. The van der Waals surface area contributed by atoms with Crippen LogP contribution >= 0.6 is 0 Å². The summed E-state index contributed by atoms with van der Waals surface area (Å²) in [5, 5.41) is 7.06. The zero-order chi connectivity index (χ0) is 17.1. The molecule has 0 saturated carbocycles. The van der Waals surface area contributed by atoms with Crippen LogP contribution in [0.2, 0.25) is 0 Å². The van der Waals surface area contributed by atoms with Crippen molar-refractivity contribution in [3.05, 3.63) is 51.6 Å². The molecule has 6 nitrogen and oxygen atoms in total. The van der Waals surface area contributed by atoms with Crippen molar-refractivity contribution in [3.63, 3.8) is 0 Å². The largest absolute Gasteiger partial charge is 0.354 e. The average molecular weight is 339 g/mol. The van der Waals surface area contributed by atoms with Gasteiger partial charge in [0.1, 0.15) is 5.82 Å². The molecule has 25 heavy (non-hydrogen) atoms. The topological polar surface area (TPSA) is 65.1 Å². The van der Waals surface area contributed by atoms with Gasteiger partial charge in [0.2, 0.25) is 0 Å². The third-order valence-electron chi connectivity index (χ3n) is 5.39. The van der Waals surface area contributed by atoms with Crippen LogP contribution < -0.4 is 10.5 Å². The number of H-pyrrole nitrogens is 1. The van der Waals surface area contributed by atoms with Crippen LogP contribution in [0.1, 0.15) is 29.7 Å². The minimum Gasteiger partial charge on any atom is -0.354 e. The summed E-state index contributed by atoms with van der Waals surface area (Å²) >= 11 is 0. The van der Waals surface area contributed by atoms with E-state index in [2.05, 4.69) is 31.0 Å². The number of fused-ring (bicyclic) bond motifs is 1. The number of rotatable bonds is 4. The van der Waals surface area contributed by atoms with Gasteiger partial charge in [-0.1, -0.05) is 6.07 Å². The van der Waals surface area contributed by atoms with Crippen LogP contribution in [0.25, 0.3) is 0 Å². The number of nitrogens with zero attached hydrogens (tertiary/aromatic N) is 4. The van der Waals surface area contributed by atoms with Crippen LogP contribution in [0.5, 0.6) is 0 Å². The van der Waals surface area contributed by atoms with E-state index < -0.39 is 0 Å². The monoisotopic (exact) mass is 339 g/mol. The average Bonchev–Trinajstić information content (AvgIpc) is 2.69. The second kappa shape index (κ2) is 7.35. The maximum absolute atomic E-state index is 12.0. The summed E-state index contributed by atoms with van der Waals surface area (Å²) < 4.78 is 0. The van der Waals surface area contributed by atoms with E-state index >= 15 is 0 Å². The predicted molar refractivity (Wildman–Crippen MR) is 98.1 cm³/mol. The van der Waals surface area contributed by atoms with Crippen LogP contribution in [0.4, 0.5) is 5.82 Å². The molecule has 0 spiro atoms. The van der Waals surface area contributed by atoms with Crippen molar-refractivity contribution < 1.29 is 0 Å². The van der Waals surface area contributed by atoms with Crippen LogP contribution in [0.3, 0.4) is 0 Å². The number of nitrogens with one attached hydrogen (secondary N) is 1. The third kappa shape index (κ3) is 3.58. The quantitative estimate of drug-likeness (QED) is 0.912. The second-order valence-electron chi connectivity index (χ2n) is 6.93.